The summed E-state index contributed by atoms with van der Waals surface area (Å²) in [6.45, 7) is 5.00. The average Bonchev–Trinajstić information content (AvgIpc) is 2.44. The van der Waals surface area contributed by atoms with Crippen LogP contribution in [0.1, 0.15) is 25.1 Å². The molecule has 1 aromatic heterocycles. The maximum atomic E-state index is 8.96. The van der Waals surface area contributed by atoms with Gasteiger partial charge in [0.25, 0.3) is 0 Å². The number of anilines is 2. The fourth-order valence-corrected chi connectivity index (χ4v) is 2.12. The van der Waals surface area contributed by atoms with E-state index in [1.54, 1.807) is 6.20 Å². The number of nitrogens with two attached hydrogens (primary N) is 1. The highest BCUT2D eigenvalue weighted by molar-refractivity contribution is 5.51. The molecule has 0 amide bonds. The first-order chi connectivity index (χ1) is 9.60. The summed E-state index contributed by atoms with van der Waals surface area (Å²) < 4.78 is 0. The van der Waals surface area contributed by atoms with Crippen molar-refractivity contribution in [3.8, 4) is 6.07 Å². The second-order valence-corrected chi connectivity index (χ2v) is 4.98. The summed E-state index contributed by atoms with van der Waals surface area (Å²) in [4.78, 5) is 6.23. The number of hydrogen-bond acceptors (Lipinski definition) is 4. The van der Waals surface area contributed by atoms with E-state index in [-0.39, 0.29) is 0 Å². The summed E-state index contributed by atoms with van der Waals surface area (Å²) >= 11 is 0. The third-order valence-electron chi connectivity index (χ3n) is 3.12. The molecule has 4 nitrogen and oxygen atoms in total. The molecule has 2 N–H and O–H groups in total. The van der Waals surface area contributed by atoms with Crippen LogP contribution in [0.4, 0.5) is 11.4 Å². The Hall–Kier alpha value is -2.54. The van der Waals surface area contributed by atoms with Crippen LogP contribution in [0.5, 0.6) is 0 Å². The number of nitrogen functional groups attached to an aromatic ring is 1. The minimum absolute atomic E-state index is 0.311. The van der Waals surface area contributed by atoms with Gasteiger partial charge in [0.05, 0.1) is 0 Å². The van der Waals surface area contributed by atoms with Gasteiger partial charge in [-0.15, -0.1) is 0 Å². The molecule has 4 heteroatoms. The van der Waals surface area contributed by atoms with Crippen LogP contribution in [-0.2, 0) is 6.54 Å². The first kappa shape index (κ1) is 13.9. The van der Waals surface area contributed by atoms with Gasteiger partial charge in [-0.25, -0.2) is 4.98 Å². The molecule has 2 rings (SSSR count). The fourth-order valence-electron chi connectivity index (χ4n) is 2.12. The number of nitriles is 1. The van der Waals surface area contributed by atoms with Crippen LogP contribution in [0.3, 0.4) is 0 Å². The summed E-state index contributed by atoms with van der Waals surface area (Å²) in [5, 5.41) is 8.96. The molecule has 0 aliphatic rings. The molecule has 2 aromatic rings. The standard InChI is InChI=1S/C16H18N4/c1-12(2)20(11-13-4-3-5-14(18)8-13)16-6-7-19-15(9-16)10-17/h3-9,12H,11,18H2,1-2H3. The van der Waals surface area contributed by atoms with Crippen LogP contribution in [0, 0.1) is 11.3 Å². The topological polar surface area (TPSA) is 65.9 Å². The molecule has 0 unspecified atom stereocenters. The van der Waals surface area contributed by atoms with E-state index in [0.29, 0.717) is 11.7 Å². The molecule has 0 aliphatic heterocycles. The van der Waals surface area contributed by atoms with E-state index in [1.165, 1.54) is 0 Å². The molecule has 0 spiro atoms. The molecule has 1 heterocycles. The van der Waals surface area contributed by atoms with Crippen molar-refractivity contribution in [1.82, 2.24) is 4.98 Å². The van der Waals surface area contributed by atoms with Crippen molar-refractivity contribution in [1.29, 1.82) is 5.26 Å². The number of hydrogen-bond donors (Lipinski definition) is 1. The lowest BCUT2D eigenvalue weighted by Gasteiger charge is -2.29. The zero-order valence-electron chi connectivity index (χ0n) is 11.7. The lowest BCUT2D eigenvalue weighted by molar-refractivity contribution is 0.682. The van der Waals surface area contributed by atoms with Crippen LogP contribution in [0.2, 0.25) is 0 Å². The van der Waals surface area contributed by atoms with Gasteiger partial charge in [-0.05, 0) is 43.7 Å². The molecule has 0 saturated carbocycles. The molecular formula is C16H18N4. The first-order valence-corrected chi connectivity index (χ1v) is 6.57. The molecule has 0 saturated heterocycles. The highest BCUT2D eigenvalue weighted by Crippen LogP contribution is 2.21. The molecule has 0 radical (unpaired) electrons. The van der Waals surface area contributed by atoms with Gasteiger partial charge in [0.15, 0.2) is 0 Å². The summed E-state index contributed by atoms with van der Waals surface area (Å²) in [6.07, 6.45) is 1.67. The molecule has 0 aliphatic carbocycles. The van der Waals surface area contributed by atoms with Crippen molar-refractivity contribution in [3.05, 3.63) is 53.9 Å². The van der Waals surface area contributed by atoms with Gasteiger partial charge in [-0.2, -0.15) is 5.26 Å². The smallest absolute Gasteiger partial charge is 0.142 e. The van der Waals surface area contributed by atoms with E-state index in [2.05, 4.69) is 35.9 Å². The van der Waals surface area contributed by atoms with E-state index in [1.807, 2.05) is 30.3 Å². The zero-order chi connectivity index (χ0) is 14.5. The molecule has 0 fully saturated rings. The van der Waals surface area contributed by atoms with Crippen LogP contribution in [0.25, 0.3) is 0 Å². The van der Waals surface area contributed by atoms with E-state index >= 15 is 0 Å². The Bertz CT molecular complexity index is 628. The van der Waals surface area contributed by atoms with Crippen molar-refractivity contribution in [3.63, 3.8) is 0 Å². The molecule has 20 heavy (non-hydrogen) atoms. The van der Waals surface area contributed by atoms with Crippen LogP contribution in [-0.4, -0.2) is 11.0 Å². The van der Waals surface area contributed by atoms with Crippen molar-refractivity contribution < 1.29 is 0 Å². The highest BCUT2D eigenvalue weighted by Gasteiger charge is 2.12. The van der Waals surface area contributed by atoms with Gasteiger partial charge in [-0.1, -0.05) is 12.1 Å². The average molecular weight is 266 g/mol. The first-order valence-electron chi connectivity index (χ1n) is 6.57. The second-order valence-electron chi connectivity index (χ2n) is 4.98. The zero-order valence-corrected chi connectivity index (χ0v) is 11.7. The summed E-state index contributed by atoms with van der Waals surface area (Å²) in [5.74, 6) is 0. The van der Waals surface area contributed by atoms with Gasteiger partial charge < -0.3 is 10.6 Å². The minimum atomic E-state index is 0.311. The Morgan fingerprint density at radius 2 is 2.10 bits per heavy atom. The molecule has 0 atom stereocenters. The SMILES string of the molecule is CC(C)N(Cc1cccc(N)c1)c1ccnc(C#N)c1. The molecule has 102 valence electrons. The van der Waals surface area contributed by atoms with Crippen LogP contribution < -0.4 is 10.6 Å². The Labute approximate surface area is 119 Å². The lowest BCUT2D eigenvalue weighted by atomic mass is 10.1. The highest BCUT2D eigenvalue weighted by atomic mass is 15.2. The maximum absolute atomic E-state index is 8.96. The van der Waals surface area contributed by atoms with E-state index in [0.717, 1.165) is 23.5 Å². The van der Waals surface area contributed by atoms with Crippen molar-refractivity contribution in [2.24, 2.45) is 0 Å². The van der Waals surface area contributed by atoms with Crippen LogP contribution >= 0.6 is 0 Å². The lowest BCUT2D eigenvalue weighted by Crippen LogP contribution is -2.30. The van der Waals surface area contributed by atoms with Crippen molar-refractivity contribution >= 4 is 11.4 Å². The molecule has 0 bridgehead atoms. The predicted octanol–water partition coefficient (Wildman–Crippen LogP) is 2.95. The third kappa shape index (κ3) is 3.27. The largest absolute Gasteiger partial charge is 0.399 e. The number of aromatic nitrogens is 1. The Kier molecular flexibility index (Phi) is 4.21. The van der Waals surface area contributed by atoms with Gasteiger partial charge >= 0.3 is 0 Å². The van der Waals surface area contributed by atoms with Crippen molar-refractivity contribution in [2.75, 3.05) is 10.6 Å². The van der Waals surface area contributed by atoms with Gasteiger partial charge in [0, 0.05) is 30.2 Å². The minimum Gasteiger partial charge on any atom is -0.399 e. The summed E-state index contributed by atoms with van der Waals surface area (Å²) in [6, 6.07) is 14.0. The Morgan fingerprint density at radius 1 is 1.30 bits per heavy atom. The van der Waals surface area contributed by atoms with Gasteiger partial charge in [-0.3, -0.25) is 0 Å². The number of benzene rings is 1. The van der Waals surface area contributed by atoms with Crippen molar-refractivity contribution in [2.45, 2.75) is 26.4 Å². The maximum Gasteiger partial charge on any atom is 0.142 e. The number of pyridine rings is 1. The van der Waals surface area contributed by atoms with E-state index < -0.39 is 0 Å². The third-order valence-corrected chi connectivity index (χ3v) is 3.12. The molecule has 1 aromatic carbocycles. The van der Waals surface area contributed by atoms with E-state index in [4.69, 9.17) is 11.0 Å². The summed E-state index contributed by atoms with van der Waals surface area (Å²) in [5.41, 5.74) is 9.16. The normalized spacial score (nSPS) is 10.3. The molecular weight excluding hydrogens is 248 g/mol. The van der Waals surface area contributed by atoms with E-state index in [9.17, 15) is 0 Å². The monoisotopic (exact) mass is 266 g/mol. The van der Waals surface area contributed by atoms with Gasteiger partial charge in [0.2, 0.25) is 0 Å². The number of nitrogens with zero attached hydrogens (tertiary/aromatic N) is 3. The fraction of sp³-hybridized carbons (Fsp3) is 0.250. The Morgan fingerprint density at radius 3 is 2.75 bits per heavy atom. The quantitative estimate of drug-likeness (QED) is 0.864. The predicted molar refractivity (Wildman–Crippen MR) is 81.1 cm³/mol. The second kappa shape index (κ2) is 6.07. The Balaban J connectivity index is 2.29. The van der Waals surface area contributed by atoms with Gasteiger partial charge in [0.1, 0.15) is 11.8 Å². The van der Waals surface area contributed by atoms with Crippen LogP contribution in [0.15, 0.2) is 42.6 Å². The summed E-state index contributed by atoms with van der Waals surface area (Å²) in [7, 11) is 0. The number of rotatable bonds is 4.